The second-order valence-electron chi connectivity index (χ2n) is 5.23. The molecule has 1 aliphatic heterocycles. The summed E-state index contributed by atoms with van der Waals surface area (Å²) in [4.78, 5) is 2.51. The van der Waals surface area contributed by atoms with Gasteiger partial charge in [0.1, 0.15) is 0 Å². The molecule has 0 radical (unpaired) electrons. The summed E-state index contributed by atoms with van der Waals surface area (Å²) in [6.45, 7) is 7.64. The highest BCUT2D eigenvalue weighted by Crippen LogP contribution is 2.15. The Morgan fingerprint density at radius 2 is 1.79 bits per heavy atom. The summed E-state index contributed by atoms with van der Waals surface area (Å²) in [5.74, 6) is 0. The molecule has 0 amide bonds. The Hall–Kier alpha value is -1.58. The van der Waals surface area contributed by atoms with Crippen LogP contribution < -0.4 is 5.32 Å². The molecule has 3 heteroatoms. The molecular formula is C16H21N3. The van der Waals surface area contributed by atoms with Crippen molar-refractivity contribution in [3.05, 3.63) is 53.9 Å². The van der Waals surface area contributed by atoms with Crippen molar-refractivity contribution in [3.63, 3.8) is 0 Å². The second kappa shape index (κ2) is 5.59. The van der Waals surface area contributed by atoms with Gasteiger partial charge in [-0.2, -0.15) is 0 Å². The Morgan fingerprint density at radius 1 is 1.05 bits per heavy atom. The maximum absolute atomic E-state index is 3.40. The molecule has 2 aromatic rings. The molecule has 1 saturated heterocycles. The molecule has 3 rings (SSSR count). The smallest absolute Gasteiger partial charge is 0.0453 e. The van der Waals surface area contributed by atoms with Crippen molar-refractivity contribution >= 4 is 0 Å². The fraction of sp³-hybridized carbons (Fsp3) is 0.375. The quantitative estimate of drug-likeness (QED) is 0.907. The average molecular weight is 255 g/mol. The van der Waals surface area contributed by atoms with Crippen molar-refractivity contribution in [3.8, 4) is 5.69 Å². The number of benzene rings is 1. The molecule has 100 valence electrons. The molecule has 0 saturated carbocycles. The molecular weight excluding hydrogens is 234 g/mol. The summed E-state index contributed by atoms with van der Waals surface area (Å²) in [6.07, 6.45) is 2.15. The van der Waals surface area contributed by atoms with Crippen LogP contribution in [0.15, 0.2) is 42.6 Å². The van der Waals surface area contributed by atoms with Gasteiger partial charge in [-0.25, -0.2) is 0 Å². The lowest BCUT2D eigenvalue weighted by atomic mass is 10.2. The molecule has 0 bridgehead atoms. The van der Waals surface area contributed by atoms with Crippen LogP contribution in [-0.2, 0) is 6.54 Å². The van der Waals surface area contributed by atoms with Crippen LogP contribution >= 0.6 is 0 Å². The zero-order valence-electron chi connectivity index (χ0n) is 11.5. The minimum Gasteiger partial charge on any atom is -0.320 e. The van der Waals surface area contributed by atoms with Crippen molar-refractivity contribution < 1.29 is 0 Å². The molecule has 0 spiro atoms. The molecule has 0 aliphatic carbocycles. The maximum Gasteiger partial charge on any atom is 0.0453 e. The fourth-order valence-corrected chi connectivity index (χ4v) is 2.60. The third-order valence-electron chi connectivity index (χ3n) is 3.74. The largest absolute Gasteiger partial charge is 0.320 e. The van der Waals surface area contributed by atoms with Crippen LogP contribution in [0.3, 0.4) is 0 Å². The van der Waals surface area contributed by atoms with E-state index in [1.165, 1.54) is 16.9 Å². The van der Waals surface area contributed by atoms with Gasteiger partial charge in [-0.15, -0.1) is 0 Å². The number of aromatic nitrogens is 1. The molecule has 2 heterocycles. The number of nitrogens with one attached hydrogen (secondary N) is 1. The molecule has 1 aliphatic rings. The lowest BCUT2D eigenvalue weighted by molar-refractivity contribution is 0.229. The first-order valence-electron chi connectivity index (χ1n) is 6.99. The topological polar surface area (TPSA) is 20.2 Å². The van der Waals surface area contributed by atoms with E-state index in [1.807, 2.05) is 0 Å². The molecule has 1 aromatic carbocycles. The van der Waals surface area contributed by atoms with E-state index in [4.69, 9.17) is 0 Å². The number of hydrogen-bond acceptors (Lipinski definition) is 2. The van der Waals surface area contributed by atoms with Gasteiger partial charge in [-0.05, 0) is 31.2 Å². The standard InChI is InChI=1S/C16H21N3/c1-14-4-6-15(7-5-14)19-10-2-3-16(19)13-18-11-8-17-9-12-18/h2-7,10,17H,8-9,11-13H2,1H3. The molecule has 3 nitrogen and oxygen atoms in total. The van der Waals surface area contributed by atoms with Gasteiger partial charge < -0.3 is 9.88 Å². The van der Waals surface area contributed by atoms with Gasteiger partial charge in [-0.1, -0.05) is 17.7 Å². The normalized spacial score (nSPS) is 16.7. The van der Waals surface area contributed by atoms with Gasteiger partial charge in [0.2, 0.25) is 0 Å². The SMILES string of the molecule is Cc1ccc(-n2cccc2CN2CCNCC2)cc1. The number of rotatable bonds is 3. The lowest BCUT2D eigenvalue weighted by Crippen LogP contribution is -2.43. The van der Waals surface area contributed by atoms with E-state index < -0.39 is 0 Å². The average Bonchev–Trinajstić information content (AvgIpc) is 2.89. The Morgan fingerprint density at radius 3 is 2.53 bits per heavy atom. The van der Waals surface area contributed by atoms with E-state index in [9.17, 15) is 0 Å². The van der Waals surface area contributed by atoms with Crippen LogP contribution in [0.4, 0.5) is 0 Å². The van der Waals surface area contributed by atoms with Gasteiger partial charge in [0.15, 0.2) is 0 Å². The Balaban J connectivity index is 1.79. The maximum atomic E-state index is 3.40. The molecule has 19 heavy (non-hydrogen) atoms. The van der Waals surface area contributed by atoms with Crippen molar-refractivity contribution in [2.75, 3.05) is 26.2 Å². The van der Waals surface area contributed by atoms with Gasteiger partial charge in [0, 0.05) is 50.3 Å². The van der Waals surface area contributed by atoms with Crippen molar-refractivity contribution in [1.29, 1.82) is 0 Å². The van der Waals surface area contributed by atoms with Crippen LogP contribution in [0.2, 0.25) is 0 Å². The van der Waals surface area contributed by atoms with Gasteiger partial charge in [-0.3, -0.25) is 4.90 Å². The fourth-order valence-electron chi connectivity index (χ4n) is 2.60. The first kappa shape index (κ1) is 12.5. The number of piperazine rings is 1. The third-order valence-corrected chi connectivity index (χ3v) is 3.74. The predicted molar refractivity (Wildman–Crippen MR) is 78.7 cm³/mol. The van der Waals surface area contributed by atoms with Crippen LogP contribution in [0.25, 0.3) is 5.69 Å². The monoisotopic (exact) mass is 255 g/mol. The van der Waals surface area contributed by atoms with E-state index in [2.05, 4.69) is 64.3 Å². The van der Waals surface area contributed by atoms with E-state index in [-0.39, 0.29) is 0 Å². The van der Waals surface area contributed by atoms with E-state index in [1.54, 1.807) is 0 Å². The molecule has 1 aromatic heterocycles. The number of nitrogens with zero attached hydrogens (tertiary/aromatic N) is 2. The molecule has 1 N–H and O–H groups in total. The Labute approximate surface area is 114 Å². The molecule has 1 fully saturated rings. The minimum absolute atomic E-state index is 1.03. The van der Waals surface area contributed by atoms with E-state index >= 15 is 0 Å². The highest BCUT2D eigenvalue weighted by Gasteiger charge is 2.12. The van der Waals surface area contributed by atoms with Gasteiger partial charge >= 0.3 is 0 Å². The zero-order valence-corrected chi connectivity index (χ0v) is 11.5. The van der Waals surface area contributed by atoms with Crippen molar-refractivity contribution in [1.82, 2.24) is 14.8 Å². The summed E-state index contributed by atoms with van der Waals surface area (Å²) >= 11 is 0. The van der Waals surface area contributed by atoms with Crippen molar-refractivity contribution in [2.24, 2.45) is 0 Å². The minimum atomic E-state index is 1.03. The molecule has 0 atom stereocenters. The summed E-state index contributed by atoms with van der Waals surface area (Å²) in [7, 11) is 0. The highest BCUT2D eigenvalue weighted by atomic mass is 15.2. The van der Waals surface area contributed by atoms with E-state index in [0.717, 1.165) is 32.7 Å². The summed E-state index contributed by atoms with van der Waals surface area (Å²) in [5, 5.41) is 3.40. The van der Waals surface area contributed by atoms with Crippen molar-refractivity contribution in [2.45, 2.75) is 13.5 Å². The van der Waals surface area contributed by atoms with Gasteiger partial charge in [0.05, 0.1) is 0 Å². The number of aryl methyl sites for hydroxylation is 1. The van der Waals surface area contributed by atoms with Crippen LogP contribution in [0, 0.1) is 6.92 Å². The summed E-state index contributed by atoms with van der Waals surface area (Å²) < 4.78 is 2.29. The first-order valence-corrected chi connectivity index (χ1v) is 6.99. The van der Waals surface area contributed by atoms with Crippen LogP contribution in [-0.4, -0.2) is 35.6 Å². The highest BCUT2D eigenvalue weighted by molar-refractivity contribution is 5.37. The lowest BCUT2D eigenvalue weighted by Gasteiger charge is -2.27. The summed E-state index contributed by atoms with van der Waals surface area (Å²) in [5.41, 5.74) is 3.92. The Bertz CT molecular complexity index is 521. The van der Waals surface area contributed by atoms with Gasteiger partial charge in [0.25, 0.3) is 0 Å². The Kier molecular flexibility index (Phi) is 3.67. The third kappa shape index (κ3) is 2.88. The predicted octanol–water partition coefficient (Wildman–Crippen LogP) is 2.19. The van der Waals surface area contributed by atoms with Crippen LogP contribution in [0.5, 0.6) is 0 Å². The zero-order chi connectivity index (χ0) is 13.1. The van der Waals surface area contributed by atoms with Crippen LogP contribution in [0.1, 0.15) is 11.3 Å². The second-order valence-corrected chi connectivity index (χ2v) is 5.23. The van der Waals surface area contributed by atoms with E-state index in [0.29, 0.717) is 0 Å². The molecule has 0 unspecified atom stereocenters. The number of hydrogen-bond donors (Lipinski definition) is 1. The summed E-state index contributed by atoms with van der Waals surface area (Å²) in [6, 6.07) is 13.1. The first-order chi connectivity index (χ1) is 9.33.